The molecule has 0 bridgehead atoms. The smallest absolute Gasteiger partial charge is 0.315 e. The lowest BCUT2D eigenvalue weighted by Crippen LogP contribution is -2.36. The Labute approximate surface area is 183 Å². The predicted molar refractivity (Wildman–Crippen MR) is 122 cm³/mol. The van der Waals surface area contributed by atoms with E-state index in [2.05, 4.69) is 33.8 Å². The fourth-order valence-corrected chi connectivity index (χ4v) is 3.33. The van der Waals surface area contributed by atoms with Gasteiger partial charge in [0.15, 0.2) is 0 Å². The van der Waals surface area contributed by atoms with Gasteiger partial charge in [-0.3, -0.25) is 4.68 Å². The summed E-state index contributed by atoms with van der Waals surface area (Å²) in [6, 6.07) is 17.7. The Morgan fingerprint density at radius 2 is 1.81 bits per heavy atom. The van der Waals surface area contributed by atoms with E-state index in [-0.39, 0.29) is 12.6 Å². The Hall–Kier alpha value is -3.72. The minimum Gasteiger partial charge on any atom is -0.481 e. The number of nitrogens with zero attached hydrogens (tertiary/aromatic N) is 2. The quantitative estimate of drug-likeness (QED) is 0.524. The molecule has 3 aromatic rings. The van der Waals surface area contributed by atoms with E-state index >= 15 is 0 Å². The van der Waals surface area contributed by atoms with Crippen LogP contribution < -0.4 is 15.4 Å². The highest BCUT2D eigenvalue weighted by molar-refractivity contribution is 5.73. The number of benzene rings is 2. The van der Waals surface area contributed by atoms with Gasteiger partial charge in [-0.15, -0.1) is 6.42 Å². The second-order valence-corrected chi connectivity index (χ2v) is 7.29. The lowest BCUT2D eigenvalue weighted by atomic mass is 10.1. The third-order valence-electron chi connectivity index (χ3n) is 5.08. The third-order valence-corrected chi connectivity index (χ3v) is 5.08. The van der Waals surface area contributed by atoms with Gasteiger partial charge in [-0.05, 0) is 43.5 Å². The van der Waals surface area contributed by atoms with Crippen molar-refractivity contribution in [2.75, 3.05) is 13.2 Å². The molecule has 0 fully saturated rings. The first-order valence-electron chi connectivity index (χ1n) is 10.3. The molecule has 2 aromatic carbocycles. The zero-order valence-corrected chi connectivity index (χ0v) is 18.0. The third kappa shape index (κ3) is 6.38. The van der Waals surface area contributed by atoms with E-state index in [4.69, 9.17) is 11.2 Å². The maximum Gasteiger partial charge on any atom is 0.315 e. The summed E-state index contributed by atoms with van der Waals surface area (Å²) in [5.41, 5.74) is 5.35. The van der Waals surface area contributed by atoms with Gasteiger partial charge in [0.25, 0.3) is 0 Å². The molecule has 0 saturated carbocycles. The number of hydrogen-bond donors (Lipinski definition) is 2. The van der Waals surface area contributed by atoms with Gasteiger partial charge in [-0.25, -0.2) is 4.79 Å². The molecule has 3 rings (SSSR count). The van der Waals surface area contributed by atoms with Crippen molar-refractivity contribution in [2.24, 2.45) is 0 Å². The van der Waals surface area contributed by atoms with Gasteiger partial charge in [-0.2, -0.15) is 5.10 Å². The van der Waals surface area contributed by atoms with Crippen LogP contribution in [-0.4, -0.2) is 29.0 Å². The molecule has 2 N–H and O–H groups in total. The zero-order valence-electron chi connectivity index (χ0n) is 18.0. The van der Waals surface area contributed by atoms with Crippen LogP contribution in [0.3, 0.4) is 0 Å². The molecule has 0 atom stereocenters. The Bertz CT molecular complexity index is 1030. The summed E-state index contributed by atoms with van der Waals surface area (Å²) < 4.78 is 7.34. The predicted octanol–water partition coefficient (Wildman–Crippen LogP) is 3.60. The van der Waals surface area contributed by atoms with Crippen LogP contribution in [0.4, 0.5) is 4.79 Å². The molecule has 0 saturated heterocycles. The molecule has 0 unspecified atom stereocenters. The van der Waals surface area contributed by atoms with Crippen molar-refractivity contribution in [1.82, 2.24) is 20.4 Å². The van der Waals surface area contributed by atoms with Crippen molar-refractivity contribution < 1.29 is 9.53 Å². The van der Waals surface area contributed by atoms with Crippen molar-refractivity contribution in [3.8, 4) is 18.1 Å². The van der Waals surface area contributed by atoms with E-state index in [1.54, 1.807) is 0 Å². The summed E-state index contributed by atoms with van der Waals surface area (Å²) in [5.74, 6) is 3.18. The summed E-state index contributed by atoms with van der Waals surface area (Å²) in [6.45, 7) is 5.97. The lowest BCUT2D eigenvalue weighted by Gasteiger charge is -2.09. The van der Waals surface area contributed by atoms with Crippen molar-refractivity contribution in [3.05, 3.63) is 82.7 Å². The first-order valence-corrected chi connectivity index (χ1v) is 10.3. The average molecular weight is 417 g/mol. The largest absolute Gasteiger partial charge is 0.481 e. The molecule has 0 spiro atoms. The van der Waals surface area contributed by atoms with Gasteiger partial charge < -0.3 is 15.4 Å². The number of aryl methyl sites for hydroxylation is 1. The standard InChI is InChI=1S/C25H28N4O2/c1-4-16-31-23-12-10-21(11-13-23)14-15-26-25(30)27-17-24-19(2)28-29(20(24)3)18-22-8-6-5-7-9-22/h1,5-13H,14-18H2,2-3H3,(H2,26,27,30). The Balaban J connectivity index is 1.45. The fourth-order valence-electron chi connectivity index (χ4n) is 3.33. The normalized spacial score (nSPS) is 10.4. The van der Waals surface area contributed by atoms with Gasteiger partial charge in [-0.1, -0.05) is 48.4 Å². The SMILES string of the molecule is C#CCOc1ccc(CCNC(=O)NCc2c(C)nn(Cc3ccccc3)c2C)cc1. The van der Waals surface area contributed by atoms with Crippen LogP contribution in [0.1, 0.15) is 28.1 Å². The van der Waals surface area contributed by atoms with Crippen LogP contribution in [0.25, 0.3) is 0 Å². The van der Waals surface area contributed by atoms with Crippen molar-refractivity contribution in [3.63, 3.8) is 0 Å². The highest BCUT2D eigenvalue weighted by atomic mass is 16.5. The maximum absolute atomic E-state index is 12.2. The van der Waals surface area contributed by atoms with Crippen LogP contribution in [0.15, 0.2) is 54.6 Å². The summed E-state index contributed by atoms with van der Waals surface area (Å²) in [5, 5.41) is 10.5. The molecule has 2 amide bonds. The number of urea groups is 1. The van der Waals surface area contributed by atoms with E-state index in [9.17, 15) is 4.79 Å². The minimum absolute atomic E-state index is 0.191. The number of ether oxygens (including phenoxy) is 1. The highest BCUT2D eigenvalue weighted by Crippen LogP contribution is 2.15. The van der Waals surface area contributed by atoms with Crippen LogP contribution in [-0.2, 0) is 19.5 Å². The second-order valence-electron chi connectivity index (χ2n) is 7.29. The first-order chi connectivity index (χ1) is 15.1. The molecule has 31 heavy (non-hydrogen) atoms. The highest BCUT2D eigenvalue weighted by Gasteiger charge is 2.12. The molecule has 6 heteroatoms. The molecular formula is C25H28N4O2. The lowest BCUT2D eigenvalue weighted by molar-refractivity contribution is 0.240. The number of hydrogen-bond acceptors (Lipinski definition) is 3. The number of terminal acetylenes is 1. The minimum atomic E-state index is -0.191. The Morgan fingerprint density at radius 1 is 1.06 bits per heavy atom. The van der Waals surface area contributed by atoms with E-state index in [0.717, 1.165) is 34.7 Å². The van der Waals surface area contributed by atoms with E-state index in [1.807, 2.05) is 61.0 Å². The molecule has 0 aliphatic heterocycles. The van der Waals surface area contributed by atoms with Crippen LogP contribution >= 0.6 is 0 Å². The Kier molecular flexibility index (Phi) is 7.72. The molecule has 160 valence electrons. The first kappa shape index (κ1) is 22.0. The number of rotatable bonds is 9. The van der Waals surface area contributed by atoms with Gasteiger partial charge in [0.1, 0.15) is 12.4 Å². The molecule has 0 aliphatic carbocycles. The number of carbonyl (C=O) groups excluding carboxylic acids is 1. The number of amides is 2. The molecule has 0 aliphatic rings. The number of nitrogens with one attached hydrogen (secondary N) is 2. The monoisotopic (exact) mass is 416 g/mol. The van der Waals surface area contributed by atoms with Gasteiger partial charge in [0.2, 0.25) is 0 Å². The van der Waals surface area contributed by atoms with Crippen LogP contribution in [0, 0.1) is 26.2 Å². The molecule has 1 aromatic heterocycles. The maximum atomic E-state index is 12.2. The summed E-state index contributed by atoms with van der Waals surface area (Å²) in [4.78, 5) is 12.2. The van der Waals surface area contributed by atoms with E-state index in [0.29, 0.717) is 19.6 Å². The Morgan fingerprint density at radius 3 is 2.52 bits per heavy atom. The summed E-state index contributed by atoms with van der Waals surface area (Å²) in [7, 11) is 0. The fraction of sp³-hybridized carbons (Fsp3) is 0.280. The molecule has 1 heterocycles. The second kappa shape index (κ2) is 10.9. The van der Waals surface area contributed by atoms with Gasteiger partial charge in [0, 0.05) is 24.3 Å². The van der Waals surface area contributed by atoms with Gasteiger partial charge >= 0.3 is 6.03 Å². The van der Waals surface area contributed by atoms with Crippen molar-refractivity contribution in [2.45, 2.75) is 33.4 Å². The molecule has 0 radical (unpaired) electrons. The van der Waals surface area contributed by atoms with Crippen molar-refractivity contribution in [1.29, 1.82) is 0 Å². The average Bonchev–Trinajstić information content (AvgIpc) is 3.04. The zero-order chi connectivity index (χ0) is 22.1. The summed E-state index contributed by atoms with van der Waals surface area (Å²) in [6.07, 6.45) is 5.92. The topological polar surface area (TPSA) is 68.2 Å². The molecule has 6 nitrogen and oxygen atoms in total. The number of aromatic nitrogens is 2. The number of carbonyl (C=O) groups is 1. The van der Waals surface area contributed by atoms with Gasteiger partial charge in [0.05, 0.1) is 12.2 Å². The van der Waals surface area contributed by atoms with E-state index in [1.165, 1.54) is 5.56 Å². The van der Waals surface area contributed by atoms with Crippen LogP contribution in [0.2, 0.25) is 0 Å². The molecular weight excluding hydrogens is 388 g/mol. The van der Waals surface area contributed by atoms with E-state index < -0.39 is 0 Å². The van der Waals surface area contributed by atoms with Crippen LogP contribution in [0.5, 0.6) is 5.75 Å². The van der Waals surface area contributed by atoms with Crippen molar-refractivity contribution >= 4 is 6.03 Å². The summed E-state index contributed by atoms with van der Waals surface area (Å²) >= 11 is 0.